The maximum atomic E-state index is 12.9. The molecule has 1 heterocycles. The average Bonchev–Trinajstić information content (AvgIpc) is 2.83. The lowest BCUT2D eigenvalue weighted by molar-refractivity contribution is 0.0535. The highest BCUT2D eigenvalue weighted by Crippen LogP contribution is 2.16. The van der Waals surface area contributed by atoms with Crippen LogP contribution in [0, 0.1) is 0 Å². The first-order valence-electron chi connectivity index (χ1n) is 10.2. The molecule has 1 aliphatic rings. The minimum atomic E-state index is -0.00808. The number of benzene rings is 3. The first kappa shape index (κ1) is 21.1. The predicted octanol–water partition coefficient (Wildman–Crippen LogP) is 4.63. The number of amides is 2. The lowest BCUT2D eigenvalue weighted by Gasteiger charge is -2.35. The second-order valence-electron chi connectivity index (χ2n) is 7.39. The van der Waals surface area contributed by atoms with Gasteiger partial charge in [-0.3, -0.25) is 9.59 Å². The standard InChI is InChI=1S/C25H23BrN2O3/c26-22-12-10-21(11-13-22)25(30)28-16-14-27(15-17-28)24(29)20-8-6-19(7-9-20)18-31-23-4-2-1-3-5-23/h1-13H,14-18H2. The Morgan fingerprint density at radius 1 is 0.710 bits per heavy atom. The van der Waals surface area contributed by atoms with Crippen LogP contribution in [0.1, 0.15) is 26.3 Å². The second kappa shape index (κ2) is 9.79. The molecule has 1 fully saturated rings. The fourth-order valence-electron chi connectivity index (χ4n) is 3.50. The summed E-state index contributed by atoms with van der Waals surface area (Å²) in [5, 5.41) is 0. The van der Waals surface area contributed by atoms with Crippen molar-refractivity contribution in [2.45, 2.75) is 6.61 Å². The Kier molecular flexibility index (Phi) is 6.67. The summed E-state index contributed by atoms with van der Waals surface area (Å²) in [6, 6.07) is 24.5. The van der Waals surface area contributed by atoms with E-state index in [4.69, 9.17) is 4.74 Å². The van der Waals surface area contributed by atoms with Crippen molar-refractivity contribution in [1.29, 1.82) is 0 Å². The molecule has 31 heavy (non-hydrogen) atoms. The molecule has 3 aromatic carbocycles. The molecule has 1 saturated heterocycles. The number of ether oxygens (including phenoxy) is 1. The Morgan fingerprint density at radius 2 is 1.19 bits per heavy atom. The van der Waals surface area contributed by atoms with Gasteiger partial charge in [0.1, 0.15) is 12.4 Å². The number of carbonyl (C=O) groups is 2. The predicted molar refractivity (Wildman–Crippen MR) is 123 cm³/mol. The van der Waals surface area contributed by atoms with E-state index in [0.29, 0.717) is 43.9 Å². The fraction of sp³-hybridized carbons (Fsp3) is 0.200. The van der Waals surface area contributed by atoms with Crippen molar-refractivity contribution in [3.05, 3.63) is 100 Å². The highest BCUT2D eigenvalue weighted by atomic mass is 79.9. The molecule has 3 aromatic rings. The van der Waals surface area contributed by atoms with Gasteiger partial charge < -0.3 is 14.5 Å². The molecule has 0 N–H and O–H groups in total. The van der Waals surface area contributed by atoms with Crippen molar-refractivity contribution in [3.63, 3.8) is 0 Å². The SMILES string of the molecule is O=C(c1ccc(Br)cc1)N1CCN(C(=O)c2ccc(COc3ccccc3)cc2)CC1. The maximum absolute atomic E-state index is 12.9. The molecule has 0 radical (unpaired) electrons. The number of rotatable bonds is 5. The summed E-state index contributed by atoms with van der Waals surface area (Å²) < 4.78 is 6.69. The van der Waals surface area contributed by atoms with Crippen LogP contribution in [-0.4, -0.2) is 47.8 Å². The lowest BCUT2D eigenvalue weighted by Crippen LogP contribution is -2.50. The average molecular weight is 479 g/mol. The number of halogens is 1. The van der Waals surface area contributed by atoms with Gasteiger partial charge in [0.15, 0.2) is 0 Å². The van der Waals surface area contributed by atoms with Crippen molar-refractivity contribution < 1.29 is 14.3 Å². The quantitative estimate of drug-likeness (QED) is 0.537. The summed E-state index contributed by atoms with van der Waals surface area (Å²) in [6.07, 6.45) is 0. The molecule has 4 rings (SSSR count). The van der Waals surface area contributed by atoms with Crippen molar-refractivity contribution in [2.24, 2.45) is 0 Å². The minimum Gasteiger partial charge on any atom is -0.489 e. The van der Waals surface area contributed by atoms with Crippen molar-refractivity contribution >= 4 is 27.7 Å². The van der Waals surface area contributed by atoms with Crippen LogP contribution in [0.2, 0.25) is 0 Å². The molecule has 1 aliphatic heterocycles. The zero-order valence-electron chi connectivity index (χ0n) is 17.0. The normalized spacial score (nSPS) is 13.7. The van der Waals surface area contributed by atoms with E-state index in [-0.39, 0.29) is 11.8 Å². The molecule has 158 valence electrons. The summed E-state index contributed by atoms with van der Waals surface area (Å²) in [6.45, 7) is 2.57. The van der Waals surface area contributed by atoms with E-state index >= 15 is 0 Å². The Hall–Kier alpha value is -3.12. The molecule has 5 nitrogen and oxygen atoms in total. The summed E-state index contributed by atoms with van der Waals surface area (Å²) in [5.41, 5.74) is 2.32. The smallest absolute Gasteiger partial charge is 0.253 e. The van der Waals surface area contributed by atoms with Crippen LogP contribution in [0.3, 0.4) is 0 Å². The molecule has 0 bridgehead atoms. The van der Waals surface area contributed by atoms with Crippen LogP contribution in [0.25, 0.3) is 0 Å². The van der Waals surface area contributed by atoms with E-state index in [9.17, 15) is 9.59 Å². The van der Waals surface area contributed by atoms with Crippen LogP contribution >= 0.6 is 15.9 Å². The number of hydrogen-bond donors (Lipinski definition) is 0. The van der Waals surface area contributed by atoms with E-state index in [1.807, 2.05) is 78.9 Å². The van der Waals surface area contributed by atoms with Crippen LogP contribution in [0.5, 0.6) is 5.75 Å². The zero-order valence-corrected chi connectivity index (χ0v) is 18.6. The number of hydrogen-bond acceptors (Lipinski definition) is 3. The molecular weight excluding hydrogens is 456 g/mol. The fourth-order valence-corrected chi connectivity index (χ4v) is 3.76. The molecular formula is C25H23BrN2O3. The van der Waals surface area contributed by atoms with E-state index in [0.717, 1.165) is 15.8 Å². The van der Waals surface area contributed by atoms with E-state index in [1.54, 1.807) is 9.80 Å². The summed E-state index contributed by atoms with van der Waals surface area (Å²) in [5.74, 6) is 0.812. The van der Waals surface area contributed by atoms with Gasteiger partial charge in [-0.2, -0.15) is 0 Å². The third-order valence-corrected chi connectivity index (χ3v) is 5.82. The topological polar surface area (TPSA) is 49.9 Å². The van der Waals surface area contributed by atoms with Gasteiger partial charge >= 0.3 is 0 Å². The lowest BCUT2D eigenvalue weighted by atomic mass is 10.1. The highest BCUT2D eigenvalue weighted by Gasteiger charge is 2.25. The Morgan fingerprint density at radius 3 is 1.71 bits per heavy atom. The van der Waals surface area contributed by atoms with Gasteiger partial charge in [0.05, 0.1) is 0 Å². The van der Waals surface area contributed by atoms with Gasteiger partial charge in [0.25, 0.3) is 11.8 Å². The van der Waals surface area contributed by atoms with Gasteiger partial charge in [-0.15, -0.1) is 0 Å². The monoisotopic (exact) mass is 478 g/mol. The molecule has 0 saturated carbocycles. The van der Waals surface area contributed by atoms with Gasteiger partial charge in [-0.05, 0) is 54.1 Å². The van der Waals surface area contributed by atoms with Gasteiger partial charge in [0, 0.05) is 41.8 Å². The molecule has 2 amide bonds. The van der Waals surface area contributed by atoms with Gasteiger partial charge in [0.2, 0.25) is 0 Å². The molecule has 0 atom stereocenters. The highest BCUT2D eigenvalue weighted by molar-refractivity contribution is 9.10. The van der Waals surface area contributed by atoms with Gasteiger partial charge in [-0.25, -0.2) is 0 Å². The number of carbonyl (C=O) groups excluding carboxylic acids is 2. The van der Waals surface area contributed by atoms with Crippen molar-refractivity contribution in [1.82, 2.24) is 9.80 Å². The molecule has 6 heteroatoms. The minimum absolute atomic E-state index is 0.00219. The number of para-hydroxylation sites is 1. The van der Waals surface area contributed by atoms with E-state index in [1.165, 1.54) is 0 Å². The summed E-state index contributed by atoms with van der Waals surface area (Å²) in [4.78, 5) is 29.1. The first-order valence-corrected chi connectivity index (χ1v) is 11.0. The van der Waals surface area contributed by atoms with Crippen LogP contribution in [-0.2, 0) is 6.61 Å². The third kappa shape index (κ3) is 5.33. The first-order chi connectivity index (χ1) is 15.1. The molecule has 0 unspecified atom stereocenters. The van der Waals surface area contributed by atoms with Gasteiger partial charge in [-0.1, -0.05) is 46.3 Å². The van der Waals surface area contributed by atoms with E-state index < -0.39 is 0 Å². The zero-order chi connectivity index (χ0) is 21.6. The van der Waals surface area contributed by atoms with Crippen LogP contribution in [0.15, 0.2) is 83.3 Å². The molecule has 0 aromatic heterocycles. The number of nitrogens with zero attached hydrogens (tertiary/aromatic N) is 2. The van der Waals surface area contributed by atoms with E-state index in [2.05, 4.69) is 15.9 Å². The van der Waals surface area contributed by atoms with Crippen molar-refractivity contribution in [3.8, 4) is 5.75 Å². The van der Waals surface area contributed by atoms with Crippen LogP contribution < -0.4 is 4.74 Å². The Labute approximate surface area is 190 Å². The summed E-state index contributed by atoms with van der Waals surface area (Å²) in [7, 11) is 0. The van der Waals surface area contributed by atoms with Crippen LogP contribution in [0.4, 0.5) is 0 Å². The maximum Gasteiger partial charge on any atom is 0.253 e. The molecule has 0 spiro atoms. The second-order valence-corrected chi connectivity index (χ2v) is 8.31. The molecule has 0 aliphatic carbocycles. The number of piperazine rings is 1. The summed E-state index contributed by atoms with van der Waals surface area (Å²) >= 11 is 3.38. The Bertz CT molecular complexity index is 1030. The Balaban J connectivity index is 1.30. The van der Waals surface area contributed by atoms with Crippen molar-refractivity contribution in [2.75, 3.05) is 26.2 Å². The largest absolute Gasteiger partial charge is 0.489 e. The third-order valence-electron chi connectivity index (χ3n) is 5.29.